The minimum atomic E-state index is -0.329. The maximum absolute atomic E-state index is 13.1. The lowest BCUT2D eigenvalue weighted by molar-refractivity contribution is -0.308. The van der Waals surface area contributed by atoms with Crippen molar-refractivity contribution in [1.29, 1.82) is 0 Å². The van der Waals surface area contributed by atoms with Gasteiger partial charge in [0, 0.05) is 24.4 Å². The molecule has 0 aliphatic carbocycles. The van der Waals surface area contributed by atoms with Crippen molar-refractivity contribution in [3.05, 3.63) is 35.6 Å². The first-order valence-electron chi connectivity index (χ1n) is 8.95. The van der Waals surface area contributed by atoms with E-state index in [-0.39, 0.29) is 35.6 Å². The molecule has 5 heteroatoms. The molecule has 2 rings (SSSR count). The predicted molar refractivity (Wildman–Crippen MR) is 95.5 cm³/mol. The highest BCUT2D eigenvalue weighted by atomic mass is 19.1. The molecule has 1 aliphatic heterocycles. The minimum absolute atomic E-state index is 0.0982. The quantitative estimate of drug-likeness (QED) is 0.717. The van der Waals surface area contributed by atoms with E-state index in [9.17, 15) is 9.18 Å². The van der Waals surface area contributed by atoms with Crippen LogP contribution in [-0.2, 0) is 20.8 Å². The summed E-state index contributed by atoms with van der Waals surface area (Å²) in [5, 5.41) is 2.07. The third kappa shape index (κ3) is 5.51. The lowest BCUT2D eigenvalue weighted by Crippen LogP contribution is -2.59. The standard InChI is InChI=1S/C20H30FNO3/c1-15(23)24-14-18(13-16-7-9-17(21)10-8-16)25-22-19(2,3)11-6-12-20(22,4)5/h7-10,18H,6,11-14H2,1-5H3. The lowest BCUT2D eigenvalue weighted by atomic mass is 9.82. The van der Waals surface area contributed by atoms with E-state index in [2.05, 4.69) is 32.8 Å². The number of halogens is 1. The number of benzene rings is 1. The Bertz CT molecular complexity index is 567. The Hall–Kier alpha value is -1.46. The van der Waals surface area contributed by atoms with E-state index >= 15 is 0 Å². The zero-order valence-electron chi connectivity index (χ0n) is 16.0. The van der Waals surface area contributed by atoms with Gasteiger partial charge in [0.05, 0.1) is 0 Å². The van der Waals surface area contributed by atoms with Crippen molar-refractivity contribution in [2.75, 3.05) is 6.61 Å². The second kappa shape index (κ2) is 7.83. The third-order valence-electron chi connectivity index (χ3n) is 4.78. The van der Waals surface area contributed by atoms with Crippen LogP contribution < -0.4 is 0 Å². The highest BCUT2D eigenvalue weighted by Gasteiger charge is 2.43. The molecule has 0 radical (unpaired) electrons. The Morgan fingerprint density at radius 1 is 1.16 bits per heavy atom. The predicted octanol–water partition coefficient (Wildman–Crippen LogP) is 4.27. The maximum Gasteiger partial charge on any atom is 0.302 e. The number of hydrogen-bond donors (Lipinski definition) is 0. The van der Waals surface area contributed by atoms with Crippen molar-refractivity contribution >= 4 is 5.97 Å². The van der Waals surface area contributed by atoms with Gasteiger partial charge in [0.25, 0.3) is 0 Å². The van der Waals surface area contributed by atoms with Crippen molar-refractivity contribution in [3.63, 3.8) is 0 Å². The van der Waals surface area contributed by atoms with Crippen LogP contribution in [0, 0.1) is 5.82 Å². The Morgan fingerprint density at radius 2 is 1.72 bits per heavy atom. The molecule has 1 fully saturated rings. The van der Waals surface area contributed by atoms with Gasteiger partial charge in [-0.15, -0.1) is 0 Å². The van der Waals surface area contributed by atoms with Gasteiger partial charge in [0.15, 0.2) is 0 Å². The fraction of sp³-hybridized carbons (Fsp3) is 0.650. The number of hydroxylamine groups is 2. The van der Waals surface area contributed by atoms with Gasteiger partial charge in [0.1, 0.15) is 18.5 Å². The van der Waals surface area contributed by atoms with Gasteiger partial charge in [0.2, 0.25) is 0 Å². The molecular formula is C20H30FNO3. The van der Waals surface area contributed by atoms with E-state index in [1.165, 1.54) is 19.1 Å². The summed E-state index contributed by atoms with van der Waals surface area (Å²) in [6, 6.07) is 6.36. The van der Waals surface area contributed by atoms with Crippen LogP contribution >= 0.6 is 0 Å². The Labute approximate surface area is 150 Å². The number of nitrogens with zero attached hydrogens (tertiary/aromatic N) is 1. The van der Waals surface area contributed by atoms with Crippen LogP contribution in [0.15, 0.2) is 24.3 Å². The van der Waals surface area contributed by atoms with Crippen LogP contribution in [0.25, 0.3) is 0 Å². The monoisotopic (exact) mass is 351 g/mol. The third-order valence-corrected chi connectivity index (χ3v) is 4.78. The zero-order valence-corrected chi connectivity index (χ0v) is 16.0. The summed E-state index contributed by atoms with van der Waals surface area (Å²) in [7, 11) is 0. The van der Waals surface area contributed by atoms with E-state index in [0.29, 0.717) is 6.42 Å². The minimum Gasteiger partial charge on any atom is -0.463 e. The zero-order chi connectivity index (χ0) is 18.7. The average Bonchev–Trinajstić information content (AvgIpc) is 2.49. The van der Waals surface area contributed by atoms with Gasteiger partial charge < -0.3 is 4.74 Å². The molecule has 1 aromatic rings. The lowest BCUT2D eigenvalue weighted by Gasteiger charge is -2.52. The summed E-state index contributed by atoms with van der Waals surface area (Å²) in [4.78, 5) is 17.6. The van der Waals surface area contributed by atoms with Gasteiger partial charge in [-0.3, -0.25) is 9.63 Å². The van der Waals surface area contributed by atoms with E-state index in [1.807, 2.05) is 0 Å². The molecule has 1 saturated heterocycles. The van der Waals surface area contributed by atoms with Crippen molar-refractivity contribution in [3.8, 4) is 0 Å². The summed E-state index contributed by atoms with van der Waals surface area (Å²) in [6.45, 7) is 10.3. The van der Waals surface area contributed by atoms with Crippen molar-refractivity contribution in [1.82, 2.24) is 5.06 Å². The molecule has 25 heavy (non-hydrogen) atoms. The molecule has 0 bridgehead atoms. The van der Waals surface area contributed by atoms with Crippen molar-refractivity contribution < 1.29 is 18.8 Å². The second-order valence-corrected chi connectivity index (χ2v) is 8.13. The van der Waals surface area contributed by atoms with Gasteiger partial charge >= 0.3 is 5.97 Å². The molecule has 1 unspecified atom stereocenters. The normalized spacial score (nSPS) is 20.9. The molecule has 0 spiro atoms. The highest BCUT2D eigenvalue weighted by Crippen LogP contribution is 2.39. The fourth-order valence-corrected chi connectivity index (χ4v) is 3.63. The van der Waals surface area contributed by atoms with Gasteiger partial charge in [-0.1, -0.05) is 12.1 Å². The summed E-state index contributed by atoms with van der Waals surface area (Å²) < 4.78 is 18.4. The molecule has 1 aromatic carbocycles. The molecule has 1 atom stereocenters. The molecule has 1 aliphatic rings. The summed E-state index contributed by atoms with van der Waals surface area (Å²) in [5.41, 5.74) is 0.754. The fourth-order valence-electron chi connectivity index (χ4n) is 3.63. The average molecular weight is 351 g/mol. The number of ether oxygens (including phenoxy) is 1. The maximum atomic E-state index is 13.1. The first-order valence-corrected chi connectivity index (χ1v) is 8.95. The number of esters is 1. The van der Waals surface area contributed by atoms with Gasteiger partial charge in [-0.2, -0.15) is 5.06 Å². The molecule has 0 amide bonds. The summed E-state index contributed by atoms with van der Waals surface area (Å²) in [5.74, 6) is -0.593. The second-order valence-electron chi connectivity index (χ2n) is 8.13. The Balaban J connectivity index is 2.16. The molecule has 1 heterocycles. The van der Waals surface area contributed by atoms with Crippen LogP contribution in [0.3, 0.4) is 0 Å². The Kier molecular flexibility index (Phi) is 6.22. The number of piperidine rings is 1. The van der Waals surface area contributed by atoms with E-state index in [4.69, 9.17) is 9.57 Å². The SMILES string of the molecule is CC(=O)OCC(Cc1ccc(F)cc1)ON1C(C)(C)CCCC1(C)C. The number of carbonyl (C=O) groups is 1. The first kappa shape index (κ1) is 19.9. The molecule has 4 nitrogen and oxygen atoms in total. The van der Waals surface area contributed by atoms with Crippen LogP contribution in [0.4, 0.5) is 4.39 Å². The smallest absolute Gasteiger partial charge is 0.302 e. The van der Waals surface area contributed by atoms with Crippen LogP contribution in [0.5, 0.6) is 0 Å². The molecule has 0 saturated carbocycles. The van der Waals surface area contributed by atoms with E-state index in [1.54, 1.807) is 12.1 Å². The number of hydrogen-bond acceptors (Lipinski definition) is 4. The highest BCUT2D eigenvalue weighted by molar-refractivity contribution is 5.65. The van der Waals surface area contributed by atoms with Crippen LogP contribution in [0.2, 0.25) is 0 Å². The molecule has 0 N–H and O–H groups in total. The molecular weight excluding hydrogens is 321 g/mol. The summed E-state index contributed by atoms with van der Waals surface area (Å²) >= 11 is 0. The van der Waals surface area contributed by atoms with Crippen LogP contribution in [-0.4, -0.2) is 34.8 Å². The number of rotatable bonds is 6. The van der Waals surface area contributed by atoms with Crippen molar-refractivity contribution in [2.24, 2.45) is 0 Å². The largest absolute Gasteiger partial charge is 0.463 e. The van der Waals surface area contributed by atoms with E-state index in [0.717, 1.165) is 24.8 Å². The van der Waals surface area contributed by atoms with Gasteiger partial charge in [-0.05, 0) is 64.7 Å². The van der Waals surface area contributed by atoms with Crippen LogP contribution in [0.1, 0.15) is 59.4 Å². The molecule has 0 aromatic heterocycles. The molecule has 140 valence electrons. The van der Waals surface area contributed by atoms with Gasteiger partial charge in [-0.25, -0.2) is 4.39 Å². The first-order chi connectivity index (χ1) is 11.6. The van der Waals surface area contributed by atoms with E-state index < -0.39 is 0 Å². The Morgan fingerprint density at radius 3 is 2.24 bits per heavy atom. The number of carbonyl (C=O) groups excluding carboxylic acids is 1. The van der Waals surface area contributed by atoms with Crippen molar-refractivity contribution in [2.45, 2.75) is 77.5 Å². The topological polar surface area (TPSA) is 38.8 Å². The summed E-state index contributed by atoms with van der Waals surface area (Å²) in [6.07, 6.45) is 3.49.